The van der Waals surface area contributed by atoms with Gasteiger partial charge in [-0.05, 0) is 37.8 Å². The number of nitrogens with one attached hydrogen (secondary N) is 1. The Kier molecular flexibility index (Phi) is 19.0. The van der Waals surface area contributed by atoms with E-state index in [9.17, 15) is 9.59 Å². The summed E-state index contributed by atoms with van der Waals surface area (Å²) in [5.74, 6) is -0.0445. The van der Waals surface area contributed by atoms with Gasteiger partial charge in [-0.2, -0.15) is 0 Å². The predicted molar refractivity (Wildman–Crippen MR) is 114 cm³/mol. The zero-order valence-electron chi connectivity index (χ0n) is 19.6. The van der Waals surface area contributed by atoms with Gasteiger partial charge in [0.25, 0.3) is 0 Å². The largest absolute Gasteiger partial charge is 1.00 e. The maximum Gasteiger partial charge on any atom is 1.00 e. The van der Waals surface area contributed by atoms with Crippen LogP contribution in [0, 0.1) is 11.8 Å². The summed E-state index contributed by atoms with van der Waals surface area (Å²) < 4.78 is 0. The van der Waals surface area contributed by atoms with Crippen LogP contribution in [0.1, 0.15) is 54.8 Å². The van der Waals surface area contributed by atoms with Crippen LogP contribution in [0.3, 0.4) is 0 Å². The minimum Gasteiger partial charge on any atom is -1.00 e. The van der Waals surface area contributed by atoms with Crippen molar-refractivity contribution < 1.29 is 45.7 Å². The van der Waals surface area contributed by atoms with Crippen molar-refractivity contribution in [2.45, 2.75) is 53.4 Å². The van der Waals surface area contributed by atoms with Crippen LogP contribution >= 0.6 is 0 Å². The van der Waals surface area contributed by atoms with Gasteiger partial charge in [0.2, 0.25) is 17.8 Å². The second-order valence-electron chi connectivity index (χ2n) is 6.03. The summed E-state index contributed by atoms with van der Waals surface area (Å²) >= 11 is 0. The molecule has 0 aliphatic rings. The number of amides is 1. The molecule has 2 aromatic heterocycles. The molecule has 0 saturated heterocycles. The molecule has 9 nitrogen and oxygen atoms in total. The molecule has 0 aromatic carbocycles. The molecule has 2 aromatic rings. The van der Waals surface area contributed by atoms with E-state index in [4.69, 9.17) is 10.8 Å². The maximum atomic E-state index is 11.6. The topological polar surface area (TPSA) is 144 Å². The number of nitrogens with two attached hydrogens (primary N) is 1. The van der Waals surface area contributed by atoms with Crippen LogP contribution in [-0.4, -0.2) is 36.9 Å². The molecule has 0 aliphatic carbocycles. The first kappa shape index (κ1) is 30.1. The van der Waals surface area contributed by atoms with Gasteiger partial charge in [-0.1, -0.05) is 27.7 Å². The van der Waals surface area contributed by atoms with Gasteiger partial charge in [0.15, 0.2) is 0 Å². The van der Waals surface area contributed by atoms with Crippen LogP contribution in [0.5, 0.6) is 0 Å². The van der Waals surface area contributed by atoms with Crippen LogP contribution in [0.2, 0.25) is 0 Å². The van der Waals surface area contributed by atoms with E-state index >= 15 is 0 Å². The summed E-state index contributed by atoms with van der Waals surface area (Å²) in [5.41, 5.74) is 5.14. The average Bonchev–Trinajstić information content (AvgIpc) is 2.72. The van der Waals surface area contributed by atoms with Gasteiger partial charge in [-0.25, -0.2) is 19.9 Å². The number of nitrogen functional groups attached to an aromatic ring is 1. The number of nitrogens with zero attached hydrogens (tertiary/aromatic N) is 4. The molecule has 0 spiro atoms. The normalized spacial score (nSPS) is 9.40. The molecule has 0 atom stereocenters. The van der Waals surface area contributed by atoms with Crippen LogP contribution in [0.25, 0.3) is 0 Å². The van der Waals surface area contributed by atoms with Crippen LogP contribution in [0.15, 0.2) is 36.9 Å². The molecule has 0 saturated carbocycles. The van der Waals surface area contributed by atoms with Crippen molar-refractivity contribution in [3.63, 3.8) is 0 Å². The minimum atomic E-state index is -0.671. The van der Waals surface area contributed by atoms with Gasteiger partial charge in [0.1, 0.15) is 0 Å². The van der Waals surface area contributed by atoms with Crippen LogP contribution in [0.4, 0.5) is 11.9 Å². The number of hydrogen-bond donors (Lipinski definition) is 3. The first-order valence-corrected chi connectivity index (χ1v) is 9.72. The van der Waals surface area contributed by atoms with Crippen molar-refractivity contribution in [3.8, 4) is 0 Å². The molecular formula is C20H33N6NaO3. The molecule has 0 fully saturated rings. The van der Waals surface area contributed by atoms with Gasteiger partial charge in [0, 0.05) is 30.7 Å². The number of rotatable bonds is 7. The van der Waals surface area contributed by atoms with Gasteiger partial charge in [-0.3, -0.25) is 14.9 Å². The van der Waals surface area contributed by atoms with Crippen molar-refractivity contribution in [1.29, 1.82) is 0 Å². The first-order chi connectivity index (χ1) is 13.9. The molecule has 162 valence electrons. The van der Waals surface area contributed by atoms with E-state index in [1.807, 2.05) is 27.7 Å². The van der Waals surface area contributed by atoms with Crippen LogP contribution < -0.4 is 40.6 Å². The number of carbonyl (C=O) groups is 2. The summed E-state index contributed by atoms with van der Waals surface area (Å²) in [6.07, 6.45) is 9.58. The number of carbonyl (C=O) groups excluding carboxylic acids is 1. The summed E-state index contributed by atoms with van der Waals surface area (Å²) in [6.45, 7) is 7.78. The number of carboxylic acid groups (broad SMARTS) is 1. The van der Waals surface area contributed by atoms with E-state index in [1.54, 1.807) is 36.9 Å². The van der Waals surface area contributed by atoms with Crippen molar-refractivity contribution >= 4 is 23.8 Å². The third kappa shape index (κ3) is 14.0. The Morgan fingerprint density at radius 2 is 1.30 bits per heavy atom. The number of carboxylic acids is 1. The van der Waals surface area contributed by atoms with Crippen LogP contribution in [-0.2, 0) is 9.59 Å². The minimum absolute atomic E-state index is 0. The Labute approximate surface area is 202 Å². The molecule has 10 heteroatoms. The van der Waals surface area contributed by atoms with Crippen molar-refractivity contribution in [1.82, 2.24) is 19.9 Å². The van der Waals surface area contributed by atoms with Crippen molar-refractivity contribution in [2.24, 2.45) is 11.8 Å². The van der Waals surface area contributed by atoms with E-state index < -0.39 is 5.97 Å². The monoisotopic (exact) mass is 428 g/mol. The predicted octanol–water partition coefficient (Wildman–Crippen LogP) is 0.534. The number of aromatic nitrogens is 4. The molecule has 1 amide bonds. The third-order valence-electron chi connectivity index (χ3n) is 4.08. The zero-order chi connectivity index (χ0) is 22.1. The fourth-order valence-electron chi connectivity index (χ4n) is 2.18. The van der Waals surface area contributed by atoms with Gasteiger partial charge in [0.05, 0.1) is 5.92 Å². The molecule has 0 unspecified atom stereocenters. The smallest absolute Gasteiger partial charge is 1.00 e. The maximum absolute atomic E-state index is 11.6. The SMILES string of the molecule is CCC(CC)C(=O)Nc1ncccn1.CCC(CC)C(=O)O.Nc1ncccn1.[H-].[Na+]. The standard InChI is InChI=1S/C10H15N3O.C6H12O2.C4H5N3.Na.H/c1-3-8(4-2)9(14)13-10-11-6-5-7-12-10;1-3-5(4-2)6(7)8;5-4-6-2-1-3-7-4;;/h5-8H,3-4H2,1-2H3,(H,11,12,13,14);5H,3-4H2,1-2H3,(H,7,8);1-3H,(H2,5,6,7);;/q;;;+1;-1. The molecule has 0 bridgehead atoms. The molecule has 4 N–H and O–H groups in total. The first-order valence-electron chi connectivity index (χ1n) is 9.72. The molecule has 0 aliphatic heterocycles. The van der Waals surface area contributed by atoms with Crippen molar-refractivity contribution in [3.05, 3.63) is 36.9 Å². The summed E-state index contributed by atoms with van der Waals surface area (Å²) in [6, 6.07) is 3.43. The fourth-order valence-corrected chi connectivity index (χ4v) is 2.18. The Hall–Kier alpha value is -2.10. The van der Waals surface area contributed by atoms with E-state index in [0.29, 0.717) is 11.9 Å². The Morgan fingerprint density at radius 1 is 0.900 bits per heavy atom. The number of hydrogen-bond acceptors (Lipinski definition) is 7. The second-order valence-corrected chi connectivity index (χ2v) is 6.03. The molecule has 2 rings (SSSR count). The van der Waals surface area contributed by atoms with Crippen molar-refractivity contribution in [2.75, 3.05) is 11.1 Å². The Balaban J connectivity index is -0.000000397. The molecule has 0 radical (unpaired) electrons. The third-order valence-corrected chi connectivity index (χ3v) is 4.08. The van der Waals surface area contributed by atoms with E-state index in [2.05, 4.69) is 25.3 Å². The van der Waals surface area contributed by atoms with Gasteiger partial charge < -0.3 is 12.3 Å². The number of aliphatic carboxylic acids is 1. The number of anilines is 2. The summed E-state index contributed by atoms with van der Waals surface area (Å²) in [7, 11) is 0. The van der Waals surface area contributed by atoms with E-state index in [-0.39, 0.29) is 48.7 Å². The molecular weight excluding hydrogens is 395 g/mol. The summed E-state index contributed by atoms with van der Waals surface area (Å²) in [5, 5.41) is 11.1. The quantitative estimate of drug-likeness (QED) is 0.542. The van der Waals surface area contributed by atoms with E-state index in [0.717, 1.165) is 25.7 Å². The van der Waals surface area contributed by atoms with E-state index in [1.165, 1.54) is 0 Å². The van der Waals surface area contributed by atoms with Gasteiger partial charge in [-0.15, -0.1) is 0 Å². The Morgan fingerprint density at radius 3 is 1.57 bits per heavy atom. The fraction of sp³-hybridized carbons (Fsp3) is 0.500. The van der Waals surface area contributed by atoms with Gasteiger partial charge >= 0.3 is 35.5 Å². The Bertz CT molecular complexity index is 690. The zero-order valence-corrected chi connectivity index (χ0v) is 20.6. The summed E-state index contributed by atoms with van der Waals surface area (Å²) in [4.78, 5) is 36.9. The second kappa shape index (κ2) is 18.9. The molecule has 30 heavy (non-hydrogen) atoms. The average molecular weight is 429 g/mol. The molecule has 2 heterocycles.